The summed E-state index contributed by atoms with van der Waals surface area (Å²) in [6.45, 7) is 2.75. The Morgan fingerprint density at radius 2 is 1.86 bits per heavy atom. The van der Waals surface area contributed by atoms with E-state index in [-0.39, 0.29) is 53.1 Å². The Morgan fingerprint density at radius 1 is 1.21 bits per heavy atom. The molecule has 1 aromatic carbocycles. The Bertz CT molecular complexity index is 994. The quantitative estimate of drug-likeness (QED) is 0.558. The van der Waals surface area contributed by atoms with E-state index in [0.29, 0.717) is 0 Å². The van der Waals surface area contributed by atoms with Crippen LogP contribution in [0.1, 0.15) is 50.5 Å². The van der Waals surface area contributed by atoms with Crippen LogP contribution in [0.4, 0.5) is 13.2 Å². The highest BCUT2D eigenvalue weighted by Crippen LogP contribution is 2.36. The molecule has 2 aromatic rings. The Kier molecular flexibility index (Phi) is 6.59. The van der Waals surface area contributed by atoms with Gasteiger partial charge in [0.1, 0.15) is 0 Å². The van der Waals surface area contributed by atoms with Crippen molar-refractivity contribution in [3.8, 4) is 17.2 Å². The van der Waals surface area contributed by atoms with Crippen LogP contribution in [0.15, 0.2) is 24.3 Å². The predicted molar refractivity (Wildman–Crippen MR) is 96.2 cm³/mol. The number of hydrogen-bond donors (Lipinski definition) is 1. The molecule has 1 heterocycles. The van der Waals surface area contributed by atoms with Gasteiger partial charge in [-0.2, -0.15) is 18.4 Å². The van der Waals surface area contributed by atoms with E-state index >= 15 is 0 Å². The number of halogens is 3. The molecule has 0 amide bonds. The largest absolute Gasteiger partial charge is 0.478 e. The van der Waals surface area contributed by atoms with Crippen molar-refractivity contribution in [3.05, 3.63) is 52.3 Å². The van der Waals surface area contributed by atoms with Gasteiger partial charge in [0.2, 0.25) is 0 Å². The van der Waals surface area contributed by atoms with Gasteiger partial charge in [0.15, 0.2) is 0 Å². The fourth-order valence-corrected chi connectivity index (χ4v) is 2.89. The Labute approximate surface area is 164 Å². The molecule has 29 heavy (non-hydrogen) atoms. The molecule has 1 aromatic heterocycles. The third kappa shape index (κ3) is 4.90. The number of aryl methyl sites for hydroxylation is 2. The lowest BCUT2D eigenvalue weighted by Gasteiger charge is -2.17. The van der Waals surface area contributed by atoms with E-state index in [1.165, 1.54) is 19.9 Å². The van der Waals surface area contributed by atoms with Crippen LogP contribution in [-0.4, -0.2) is 28.6 Å². The van der Waals surface area contributed by atoms with Gasteiger partial charge in [0.05, 0.1) is 40.8 Å². The van der Waals surface area contributed by atoms with Crippen molar-refractivity contribution >= 4 is 11.9 Å². The summed E-state index contributed by atoms with van der Waals surface area (Å²) < 4.78 is 44.6. The first-order valence-corrected chi connectivity index (χ1v) is 8.54. The average molecular weight is 406 g/mol. The second-order valence-electron chi connectivity index (χ2n) is 6.19. The zero-order valence-electron chi connectivity index (χ0n) is 15.6. The second-order valence-corrected chi connectivity index (χ2v) is 6.19. The number of aromatic carboxylic acids is 1. The van der Waals surface area contributed by atoms with Crippen molar-refractivity contribution in [3.63, 3.8) is 0 Å². The minimum absolute atomic E-state index is 0.0587. The molecular formula is C20H17F3N2O4. The van der Waals surface area contributed by atoms with Crippen molar-refractivity contribution in [2.75, 3.05) is 6.61 Å². The number of ether oxygens (including phenoxy) is 1. The number of rotatable bonds is 6. The molecule has 0 fully saturated rings. The van der Waals surface area contributed by atoms with Crippen molar-refractivity contribution < 1.29 is 32.6 Å². The number of aromatic nitrogens is 1. The van der Waals surface area contributed by atoms with Gasteiger partial charge in [-0.1, -0.05) is 12.1 Å². The third-order valence-corrected chi connectivity index (χ3v) is 4.12. The number of hydrogen-bond acceptors (Lipinski definition) is 5. The lowest BCUT2D eigenvalue weighted by Crippen LogP contribution is -2.16. The van der Waals surface area contributed by atoms with Crippen LogP contribution >= 0.6 is 0 Å². The third-order valence-electron chi connectivity index (χ3n) is 4.12. The smallest absolute Gasteiger partial charge is 0.416 e. The molecule has 0 unspecified atom stereocenters. The molecule has 152 valence electrons. The SMILES string of the molecule is Cc1nc(C)c(C(=O)OCCCC#N)c(-c2cccc(C(F)(F)F)c2)c1C(=O)O. The molecule has 0 saturated heterocycles. The van der Waals surface area contributed by atoms with Crippen LogP contribution < -0.4 is 0 Å². The van der Waals surface area contributed by atoms with Gasteiger partial charge in [0, 0.05) is 12.0 Å². The number of carboxylic acids is 1. The van der Waals surface area contributed by atoms with Gasteiger partial charge in [-0.15, -0.1) is 0 Å². The number of unbranched alkanes of at least 4 members (excludes halogenated alkanes) is 1. The molecule has 9 heteroatoms. The number of nitrogens with zero attached hydrogens (tertiary/aromatic N) is 2. The fourth-order valence-electron chi connectivity index (χ4n) is 2.89. The van der Waals surface area contributed by atoms with Gasteiger partial charge in [-0.25, -0.2) is 9.59 Å². The second kappa shape index (κ2) is 8.73. The normalized spacial score (nSPS) is 11.0. The molecule has 0 spiro atoms. The molecule has 2 rings (SSSR count). The van der Waals surface area contributed by atoms with Gasteiger partial charge < -0.3 is 9.84 Å². The number of nitriles is 1. The zero-order valence-corrected chi connectivity index (χ0v) is 15.6. The Morgan fingerprint density at radius 3 is 2.45 bits per heavy atom. The molecule has 0 bridgehead atoms. The standard InChI is InChI=1S/C20H17F3N2O4/c1-11-15(18(26)27)17(13-6-5-7-14(10-13)20(21,22)23)16(12(2)25-11)19(28)29-9-4-3-8-24/h5-7,10H,3-4,9H2,1-2H3,(H,26,27). The summed E-state index contributed by atoms with van der Waals surface area (Å²) >= 11 is 0. The summed E-state index contributed by atoms with van der Waals surface area (Å²) in [5.74, 6) is -2.34. The molecular weight excluding hydrogens is 389 g/mol. The molecule has 0 aliphatic rings. The van der Waals surface area contributed by atoms with Crippen LogP contribution in [0.5, 0.6) is 0 Å². The van der Waals surface area contributed by atoms with E-state index in [4.69, 9.17) is 10.00 Å². The van der Waals surface area contributed by atoms with Gasteiger partial charge >= 0.3 is 18.1 Å². The number of alkyl halides is 3. The fraction of sp³-hybridized carbons (Fsp3) is 0.300. The zero-order chi connectivity index (χ0) is 21.8. The molecule has 6 nitrogen and oxygen atoms in total. The van der Waals surface area contributed by atoms with E-state index in [0.717, 1.165) is 18.2 Å². The average Bonchev–Trinajstić information content (AvgIpc) is 2.63. The van der Waals surface area contributed by atoms with Crippen molar-refractivity contribution in [2.45, 2.75) is 32.9 Å². The van der Waals surface area contributed by atoms with Crippen LogP contribution in [0, 0.1) is 25.2 Å². The van der Waals surface area contributed by atoms with E-state index < -0.39 is 23.7 Å². The Hall–Kier alpha value is -3.41. The monoisotopic (exact) mass is 406 g/mol. The van der Waals surface area contributed by atoms with E-state index in [2.05, 4.69) is 4.98 Å². The molecule has 1 N–H and O–H groups in total. The highest BCUT2D eigenvalue weighted by atomic mass is 19.4. The van der Waals surface area contributed by atoms with Gasteiger partial charge in [0.25, 0.3) is 0 Å². The van der Waals surface area contributed by atoms with Crippen molar-refractivity contribution in [1.29, 1.82) is 5.26 Å². The van der Waals surface area contributed by atoms with Crippen molar-refractivity contribution in [2.24, 2.45) is 0 Å². The maximum absolute atomic E-state index is 13.2. The minimum atomic E-state index is -4.64. The van der Waals surface area contributed by atoms with Crippen LogP contribution in [0.3, 0.4) is 0 Å². The number of carbonyl (C=O) groups excluding carboxylic acids is 1. The number of carbonyl (C=O) groups is 2. The first-order valence-electron chi connectivity index (χ1n) is 8.54. The summed E-state index contributed by atoms with van der Waals surface area (Å²) in [6, 6.07) is 5.96. The van der Waals surface area contributed by atoms with Crippen LogP contribution in [0.25, 0.3) is 11.1 Å². The molecule has 0 radical (unpaired) electrons. The number of benzene rings is 1. The van der Waals surface area contributed by atoms with Crippen molar-refractivity contribution in [1.82, 2.24) is 4.98 Å². The van der Waals surface area contributed by atoms with E-state index in [1.807, 2.05) is 6.07 Å². The molecule has 0 aliphatic carbocycles. The summed E-state index contributed by atoms with van der Waals surface area (Å²) in [5.41, 5.74) is -1.66. The highest BCUT2D eigenvalue weighted by Gasteiger charge is 2.32. The first kappa shape index (κ1) is 21.9. The predicted octanol–water partition coefficient (Wildman–Crippen LogP) is 4.54. The van der Waals surface area contributed by atoms with E-state index in [1.54, 1.807) is 0 Å². The van der Waals surface area contributed by atoms with Gasteiger partial charge in [-0.05, 0) is 38.0 Å². The Balaban J connectivity index is 2.70. The van der Waals surface area contributed by atoms with E-state index in [9.17, 15) is 27.9 Å². The minimum Gasteiger partial charge on any atom is -0.478 e. The number of esters is 1. The molecule has 0 aliphatic heterocycles. The van der Waals surface area contributed by atoms with Gasteiger partial charge in [-0.3, -0.25) is 4.98 Å². The van der Waals surface area contributed by atoms with Crippen LogP contribution in [0.2, 0.25) is 0 Å². The maximum atomic E-state index is 13.2. The maximum Gasteiger partial charge on any atom is 0.416 e. The van der Waals surface area contributed by atoms with Crippen LogP contribution in [-0.2, 0) is 10.9 Å². The number of pyridine rings is 1. The summed E-state index contributed by atoms with van der Waals surface area (Å²) in [7, 11) is 0. The molecule has 0 saturated carbocycles. The molecule has 0 atom stereocenters. The number of carboxylic acid groups (broad SMARTS) is 1. The summed E-state index contributed by atoms with van der Waals surface area (Å²) in [6.07, 6.45) is -4.22. The topological polar surface area (TPSA) is 100 Å². The summed E-state index contributed by atoms with van der Waals surface area (Å²) in [5, 5.41) is 18.2. The lowest BCUT2D eigenvalue weighted by molar-refractivity contribution is -0.137. The highest BCUT2D eigenvalue weighted by molar-refractivity contribution is 6.06. The first-order chi connectivity index (χ1) is 13.6. The lowest BCUT2D eigenvalue weighted by atomic mass is 9.91. The summed E-state index contributed by atoms with van der Waals surface area (Å²) in [4.78, 5) is 28.5.